The maximum absolute atomic E-state index is 11.7. The van der Waals surface area contributed by atoms with Gasteiger partial charge in [0.25, 0.3) is 0 Å². The van der Waals surface area contributed by atoms with Crippen LogP contribution in [0.5, 0.6) is 0 Å². The molecule has 1 rings (SSSR count). The van der Waals surface area contributed by atoms with E-state index in [1.54, 1.807) is 0 Å². The van der Waals surface area contributed by atoms with Gasteiger partial charge in [0.05, 0.1) is 0 Å². The minimum atomic E-state index is 0.201. The Morgan fingerprint density at radius 2 is 2.14 bits per heavy atom. The van der Waals surface area contributed by atoms with Crippen molar-refractivity contribution in [2.75, 3.05) is 0 Å². The van der Waals surface area contributed by atoms with Crippen LogP contribution in [0.4, 0.5) is 0 Å². The van der Waals surface area contributed by atoms with E-state index in [9.17, 15) is 4.79 Å². The topological polar surface area (TPSA) is 17.1 Å². The van der Waals surface area contributed by atoms with Gasteiger partial charge in [0, 0.05) is 17.0 Å². The molecular formula is C12H15ClO. The molecule has 76 valence electrons. The lowest BCUT2D eigenvalue weighted by Gasteiger charge is -2.05. The Morgan fingerprint density at radius 3 is 2.79 bits per heavy atom. The first kappa shape index (κ1) is 11.3. The molecule has 0 amide bonds. The summed E-state index contributed by atoms with van der Waals surface area (Å²) < 4.78 is 0. The number of Topliss-reactive ketones (excluding diaryl/α,β-unsaturated/α-hetero) is 1. The molecule has 0 aliphatic carbocycles. The summed E-state index contributed by atoms with van der Waals surface area (Å²) in [7, 11) is 0. The van der Waals surface area contributed by atoms with Crippen molar-refractivity contribution in [3.63, 3.8) is 0 Å². The van der Waals surface area contributed by atoms with Gasteiger partial charge in [-0.15, -0.1) is 0 Å². The minimum absolute atomic E-state index is 0.201. The van der Waals surface area contributed by atoms with E-state index in [0.29, 0.717) is 11.4 Å². The Hall–Kier alpha value is -0.820. The van der Waals surface area contributed by atoms with Crippen LogP contribution in [0.3, 0.4) is 0 Å². The first-order chi connectivity index (χ1) is 6.66. The van der Waals surface area contributed by atoms with Crippen LogP contribution >= 0.6 is 11.6 Å². The lowest BCUT2D eigenvalue weighted by Crippen LogP contribution is -2.01. The Morgan fingerprint density at radius 1 is 1.43 bits per heavy atom. The number of carbonyl (C=O) groups is 1. The minimum Gasteiger partial charge on any atom is -0.294 e. The van der Waals surface area contributed by atoms with E-state index >= 15 is 0 Å². The maximum Gasteiger partial charge on any atom is 0.163 e. The number of halogens is 1. The molecule has 0 spiro atoms. The van der Waals surface area contributed by atoms with Gasteiger partial charge in [0.15, 0.2) is 5.78 Å². The molecule has 1 nitrogen and oxygen atoms in total. The van der Waals surface area contributed by atoms with E-state index in [2.05, 4.69) is 6.92 Å². The zero-order valence-electron chi connectivity index (χ0n) is 8.64. The van der Waals surface area contributed by atoms with E-state index in [0.717, 1.165) is 24.0 Å². The number of carbonyl (C=O) groups excluding carboxylic acids is 1. The third-order valence-corrected chi connectivity index (χ3v) is 2.73. The Kier molecular flexibility index (Phi) is 4.15. The Labute approximate surface area is 90.1 Å². The zero-order chi connectivity index (χ0) is 10.6. The van der Waals surface area contributed by atoms with Gasteiger partial charge in [-0.3, -0.25) is 4.79 Å². The van der Waals surface area contributed by atoms with Crippen LogP contribution in [0.15, 0.2) is 18.2 Å². The Bertz CT molecular complexity index is 331. The standard InChI is InChI=1S/C12H15ClO/c1-3-4-8-12(14)10-6-5-7-11(13)9(10)2/h5-7H,3-4,8H2,1-2H3. The molecule has 0 atom stereocenters. The number of benzene rings is 1. The van der Waals surface area contributed by atoms with Gasteiger partial charge in [0.2, 0.25) is 0 Å². The summed E-state index contributed by atoms with van der Waals surface area (Å²) in [6, 6.07) is 5.49. The second kappa shape index (κ2) is 5.16. The lowest BCUT2D eigenvalue weighted by molar-refractivity contribution is 0.0979. The molecule has 14 heavy (non-hydrogen) atoms. The molecule has 0 fully saturated rings. The van der Waals surface area contributed by atoms with Crippen molar-refractivity contribution >= 4 is 17.4 Å². The molecule has 0 N–H and O–H groups in total. The number of rotatable bonds is 4. The second-order valence-electron chi connectivity index (χ2n) is 3.44. The molecule has 0 unspecified atom stereocenters. The number of hydrogen-bond donors (Lipinski definition) is 0. The van der Waals surface area contributed by atoms with Crippen LogP contribution in [0.25, 0.3) is 0 Å². The fraction of sp³-hybridized carbons (Fsp3) is 0.417. The van der Waals surface area contributed by atoms with E-state index in [1.165, 1.54) is 0 Å². The molecule has 1 aromatic carbocycles. The second-order valence-corrected chi connectivity index (χ2v) is 3.85. The van der Waals surface area contributed by atoms with Crippen LogP contribution in [0.2, 0.25) is 5.02 Å². The van der Waals surface area contributed by atoms with Crippen molar-refractivity contribution in [3.8, 4) is 0 Å². The van der Waals surface area contributed by atoms with Crippen molar-refractivity contribution in [1.29, 1.82) is 0 Å². The molecule has 0 aliphatic rings. The van der Waals surface area contributed by atoms with Crippen LogP contribution in [0.1, 0.15) is 42.1 Å². The van der Waals surface area contributed by atoms with E-state index in [-0.39, 0.29) is 5.78 Å². The lowest BCUT2D eigenvalue weighted by atomic mass is 10.0. The molecule has 2 heteroatoms. The summed E-state index contributed by atoms with van der Waals surface area (Å²) in [5.41, 5.74) is 1.67. The molecule has 0 aromatic heterocycles. The zero-order valence-corrected chi connectivity index (χ0v) is 9.40. The molecule has 0 bridgehead atoms. The van der Waals surface area contributed by atoms with Gasteiger partial charge < -0.3 is 0 Å². The molecule has 0 radical (unpaired) electrons. The smallest absolute Gasteiger partial charge is 0.163 e. The summed E-state index contributed by atoms with van der Waals surface area (Å²) in [5, 5.41) is 0.673. The largest absolute Gasteiger partial charge is 0.294 e. The summed E-state index contributed by atoms with van der Waals surface area (Å²) in [6.45, 7) is 3.97. The van der Waals surface area contributed by atoms with Gasteiger partial charge in [0.1, 0.15) is 0 Å². The van der Waals surface area contributed by atoms with Crippen LogP contribution in [0, 0.1) is 6.92 Å². The Balaban J connectivity index is 2.84. The van der Waals surface area contributed by atoms with E-state index in [1.807, 2.05) is 25.1 Å². The number of ketones is 1. The molecule has 0 saturated carbocycles. The summed E-state index contributed by atoms with van der Waals surface area (Å²) in [6.07, 6.45) is 2.62. The van der Waals surface area contributed by atoms with Crippen molar-refractivity contribution in [2.24, 2.45) is 0 Å². The summed E-state index contributed by atoms with van der Waals surface area (Å²) in [4.78, 5) is 11.7. The predicted octanol–water partition coefficient (Wildman–Crippen LogP) is 4.02. The molecule has 0 aliphatic heterocycles. The number of unbranched alkanes of at least 4 members (excludes halogenated alkanes) is 1. The highest BCUT2D eigenvalue weighted by atomic mass is 35.5. The van der Waals surface area contributed by atoms with Crippen molar-refractivity contribution in [3.05, 3.63) is 34.3 Å². The van der Waals surface area contributed by atoms with Gasteiger partial charge in [-0.1, -0.05) is 37.1 Å². The monoisotopic (exact) mass is 210 g/mol. The molecule has 0 heterocycles. The van der Waals surface area contributed by atoms with Crippen molar-refractivity contribution in [2.45, 2.75) is 33.1 Å². The highest BCUT2D eigenvalue weighted by Crippen LogP contribution is 2.20. The molecule has 0 saturated heterocycles. The van der Waals surface area contributed by atoms with Crippen molar-refractivity contribution < 1.29 is 4.79 Å². The summed E-state index contributed by atoms with van der Waals surface area (Å²) >= 11 is 5.94. The third kappa shape index (κ3) is 2.58. The first-order valence-electron chi connectivity index (χ1n) is 4.95. The quantitative estimate of drug-likeness (QED) is 0.686. The van der Waals surface area contributed by atoms with Crippen LogP contribution in [-0.2, 0) is 0 Å². The first-order valence-corrected chi connectivity index (χ1v) is 5.33. The fourth-order valence-corrected chi connectivity index (χ4v) is 1.56. The SMILES string of the molecule is CCCCC(=O)c1cccc(Cl)c1C. The highest BCUT2D eigenvalue weighted by molar-refractivity contribution is 6.31. The van der Waals surface area contributed by atoms with Crippen LogP contribution in [-0.4, -0.2) is 5.78 Å². The van der Waals surface area contributed by atoms with Gasteiger partial charge in [-0.25, -0.2) is 0 Å². The maximum atomic E-state index is 11.7. The third-order valence-electron chi connectivity index (χ3n) is 2.33. The molecular weight excluding hydrogens is 196 g/mol. The number of hydrogen-bond acceptors (Lipinski definition) is 1. The fourth-order valence-electron chi connectivity index (χ4n) is 1.38. The molecule has 1 aromatic rings. The summed E-state index contributed by atoms with van der Waals surface area (Å²) in [5.74, 6) is 0.201. The van der Waals surface area contributed by atoms with Crippen LogP contribution < -0.4 is 0 Å². The predicted molar refractivity (Wildman–Crippen MR) is 60.0 cm³/mol. The average molecular weight is 211 g/mol. The van der Waals surface area contributed by atoms with E-state index < -0.39 is 0 Å². The average Bonchev–Trinajstić information content (AvgIpc) is 2.18. The van der Waals surface area contributed by atoms with Gasteiger partial charge >= 0.3 is 0 Å². The van der Waals surface area contributed by atoms with Gasteiger partial charge in [-0.05, 0) is 25.0 Å². The highest BCUT2D eigenvalue weighted by Gasteiger charge is 2.09. The van der Waals surface area contributed by atoms with Crippen molar-refractivity contribution in [1.82, 2.24) is 0 Å². The normalized spacial score (nSPS) is 10.2. The van der Waals surface area contributed by atoms with E-state index in [4.69, 9.17) is 11.6 Å². The van der Waals surface area contributed by atoms with Gasteiger partial charge in [-0.2, -0.15) is 0 Å².